The normalized spacial score (nSPS) is 14.6. The van der Waals surface area contributed by atoms with Crippen LogP contribution < -0.4 is 15.8 Å². The van der Waals surface area contributed by atoms with Gasteiger partial charge in [0.15, 0.2) is 5.82 Å². The Hall–Kier alpha value is -3.63. The third kappa shape index (κ3) is 4.23. The molecule has 8 nitrogen and oxygen atoms in total. The number of aromatic nitrogens is 3. The van der Waals surface area contributed by atoms with Crippen LogP contribution in [0.4, 0.5) is 29.5 Å². The van der Waals surface area contributed by atoms with E-state index in [4.69, 9.17) is 0 Å². The molecular formula is C21H21F3N6O2. The van der Waals surface area contributed by atoms with E-state index in [9.17, 15) is 22.8 Å². The molecule has 0 unspecified atom stereocenters. The van der Waals surface area contributed by atoms with Gasteiger partial charge in [-0.05, 0) is 31.2 Å². The Kier molecular flexibility index (Phi) is 5.72. The molecular weight excluding hydrogens is 425 g/mol. The van der Waals surface area contributed by atoms with E-state index in [-0.39, 0.29) is 11.2 Å². The molecule has 3 heterocycles. The molecule has 0 spiro atoms. The molecule has 1 saturated heterocycles. The van der Waals surface area contributed by atoms with Crippen LogP contribution in [0.3, 0.4) is 0 Å². The zero-order chi connectivity index (χ0) is 22.9. The van der Waals surface area contributed by atoms with E-state index in [1.165, 1.54) is 17.0 Å². The Morgan fingerprint density at radius 1 is 1.16 bits per heavy atom. The van der Waals surface area contributed by atoms with Gasteiger partial charge in [-0.3, -0.25) is 9.78 Å². The Morgan fingerprint density at radius 2 is 1.91 bits per heavy atom. The molecule has 11 heteroatoms. The van der Waals surface area contributed by atoms with Crippen LogP contribution in [-0.2, 0) is 12.7 Å². The molecule has 2 amide bonds. The minimum absolute atomic E-state index is 0.0721. The summed E-state index contributed by atoms with van der Waals surface area (Å²) in [5, 5.41) is 2.51. The highest BCUT2D eigenvalue weighted by atomic mass is 19.4. The second-order valence-electron chi connectivity index (χ2n) is 7.33. The summed E-state index contributed by atoms with van der Waals surface area (Å²) >= 11 is 0. The van der Waals surface area contributed by atoms with Crippen LogP contribution >= 0.6 is 0 Å². The number of nitrogens with zero attached hydrogens (tertiary/aromatic N) is 5. The van der Waals surface area contributed by atoms with Crippen molar-refractivity contribution in [3.63, 3.8) is 0 Å². The van der Waals surface area contributed by atoms with E-state index in [0.717, 1.165) is 12.1 Å². The Bertz CT molecular complexity index is 1200. The quantitative estimate of drug-likeness (QED) is 0.668. The van der Waals surface area contributed by atoms with Crippen molar-refractivity contribution >= 4 is 28.6 Å². The summed E-state index contributed by atoms with van der Waals surface area (Å²) in [5.41, 5.74) is 0.326. The number of rotatable bonds is 3. The summed E-state index contributed by atoms with van der Waals surface area (Å²) in [6.07, 6.45) is -1.27. The first kappa shape index (κ1) is 21.6. The van der Waals surface area contributed by atoms with Gasteiger partial charge in [0.25, 0.3) is 5.56 Å². The van der Waals surface area contributed by atoms with Gasteiger partial charge in [0, 0.05) is 44.6 Å². The topological polar surface area (TPSA) is 83.4 Å². The SMILES string of the molecule is CCn1c(=O)c(N2CCN(C(=O)Nc3cccc(C(F)(F)F)c3)CC2)nc2ccncc21. The minimum atomic E-state index is -4.49. The smallest absolute Gasteiger partial charge is 0.348 e. The number of benzene rings is 1. The molecule has 1 aliphatic rings. The standard InChI is InChI=1S/C21H21F3N6O2/c1-2-30-17-13-25-7-6-16(17)27-18(19(30)31)28-8-10-29(11-9-28)20(32)26-15-5-3-4-14(12-15)21(22,23)24/h3-7,12-13H,2,8-11H2,1H3,(H,26,32). The molecule has 4 rings (SSSR count). The fourth-order valence-electron chi connectivity index (χ4n) is 3.69. The number of nitrogens with one attached hydrogen (secondary N) is 1. The number of amides is 2. The van der Waals surface area contributed by atoms with Crippen molar-refractivity contribution in [3.8, 4) is 0 Å². The average Bonchev–Trinajstić information content (AvgIpc) is 2.78. The first-order valence-corrected chi connectivity index (χ1v) is 10.1. The van der Waals surface area contributed by atoms with Gasteiger partial charge in [-0.1, -0.05) is 6.07 Å². The second kappa shape index (κ2) is 8.48. The van der Waals surface area contributed by atoms with Gasteiger partial charge in [-0.15, -0.1) is 0 Å². The molecule has 1 fully saturated rings. The predicted octanol–water partition coefficient (Wildman–Crippen LogP) is 3.18. The highest BCUT2D eigenvalue weighted by molar-refractivity contribution is 5.89. The molecule has 32 heavy (non-hydrogen) atoms. The van der Waals surface area contributed by atoms with Crippen molar-refractivity contribution < 1.29 is 18.0 Å². The largest absolute Gasteiger partial charge is 0.416 e. The molecule has 0 atom stereocenters. The van der Waals surface area contributed by atoms with Crippen LogP contribution in [0.2, 0.25) is 0 Å². The van der Waals surface area contributed by atoms with Gasteiger partial charge in [0.2, 0.25) is 0 Å². The number of alkyl halides is 3. The summed E-state index contributed by atoms with van der Waals surface area (Å²) < 4.78 is 40.3. The van der Waals surface area contributed by atoms with Crippen LogP contribution in [0.25, 0.3) is 11.0 Å². The number of aryl methyl sites for hydroxylation is 1. The Labute approximate surface area is 181 Å². The number of urea groups is 1. The summed E-state index contributed by atoms with van der Waals surface area (Å²) in [6, 6.07) is 5.75. The number of hydrogen-bond acceptors (Lipinski definition) is 5. The maximum absolute atomic E-state index is 12.9. The van der Waals surface area contributed by atoms with Gasteiger partial charge in [-0.25, -0.2) is 9.78 Å². The molecule has 0 bridgehead atoms. The maximum Gasteiger partial charge on any atom is 0.416 e. The maximum atomic E-state index is 12.9. The highest BCUT2D eigenvalue weighted by Gasteiger charge is 2.31. The third-order valence-electron chi connectivity index (χ3n) is 5.36. The van der Waals surface area contributed by atoms with Crippen molar-refractivity contribution in [1.29, 1.82) is 0 Å². The zero-order valence-electron chi connectivity index (χ0n) is 17.3. The van der Waals surface area contributed by atoms with E-state index in [1.54, 1.807) is 23.0 Å². The van der Waals surface area contributed by atoms with Crippen molar-refractivity contribution in [1.82, 2.24) is 19.4 Å². The van der Waals surface area contributed by atoms with Crippen LogP contribution in [0.15, 0.2) is 47.5 Å². The van der Waals surface area contributed by atoms with Crippen molar-refractivity contribution in [2.45, 2.75) is 19.6 Å². The van der Waals surface area contributed by atoms with Gasteiger partial charge in [0.05, 0.1) is 22.8 Å². The Morgan fingerprint density at radius 3 is 2.59 bits per heavy atom. The summed E-state index contributed by atoms with van der Waals surface area (Å²) in [4.78, 5) is 37.4. The first-order valence-electron chi connectivity index (χ1n) is 10.1. The van der Waals surface area contributed by atoms with Gasteiger partial charge in [0.1, 0.15) is 0 Å². The monoisotopic (exact) mass is 446 g/mol. The van der Waals surface area contributed by atoms with E-state index < -0.39 is 17.8 Å². The first-order chi connectivity index (χ1) is 15.3. The van der Waals surface area contributed by atoms with Crippen LogP contribution in [0.5, 0.6) is 0 Å². The number of piperazine rings is 1. The minimum Gasteiger partial charge on any atom is -0.348 e. The molecule has 3 aromatic rings. The summed E-state index contributed by atoms with van der Waals surface area (Å²) in [6.45, 7) is 3.68. The van der Waals surface area contributed by atoms with E-state index in [0.29, 0.717) is 49.6 Å². The summed E-state index contributed by atoms with van der Waals surface area (Å²) in [5.74, 6) is 0.309. The number of carbonyl (C=O) groups excluding carboxylic acids is 1. The van der Waals surface area contributed by atoms with Gasteiger partial charge < -0.3 is 19.7 Å². The fraction of sp³-hybridized carbons (Fsp3) is 0.333. The molecule has 0 aliphatic carbocycles. The number of carbonyl (C=O) groups is 1. The van der Waals surface area contributed by atoms with E-state index >= 15 is 0 Å². The second-order valence-corrected chi connectivity index (χ2v) is 7.33. The molecule has 0 saturated carbocycles. The zero-order valence-corrected chi connectivity index (χ0v) is 17.3. The molecule has 1 N–H and O–H groups in total. The molecule has 1 aliphatic heterocycles. The van der Waals surface area contributed by atoms with Gasteiger partial charge in [-0.2, -0.15) is 13.2 Å². The molecule has 0 radical (unpaired) electrons. The van der Waals surface area contributed by atoms with Crippen LogP contribution in [0, 0.1) is 0 Å². The number of anilines is 2. The lowest BCUT2D eigenvalue weighted by molar-refractivity contribution is -0.137. The van der Waals surface area contributed by atoms with Crippen LogP contribution in [0.1, 0.15) is 12.5 Å². The van der Waals surface area contributed by atoms with Crippen LogP contribution in [-0.4, -0.2) is 51.6 Å². The lowest BCUT2D eigenvalue weighted by Gasteiger charge is -2.35. The predicted molar refractivity (Wildman–Crippen MR) is 114 cm³/mol. The van der Waals surface area contributed by atoms with E-state index in [2.05, 4.69) is 15.3 Å². The number of pyridine rings is 1. The van der Waals surface area contributed by atoms with Crippen molar-refractivity contribution in [2.24, 2.45) is 0 Å². The lowest BCUT2D eigenvalue weighted by atomic mass is 10.2. The Balaban J connectivity index is 1.46. The average molecular weight is 446 g/mol. The number of halogens is 3. The fourth-order valence-corrected chi connectivity index (χ4v) is 3.69. The summed E-state index contributed by atoms with van der Waals surface area (Å²) in [7, 11) is 0. The number of fused-ring (bicyclic) bond motifs is 1. The van der Waals surface area contributed by atoms with Crippen molar-refractivity contribution in [3.05, 3.63) is 58.6 Å². The third-order valence-corrected chi connectivity index (χ3v) is 5.36. The highest BCUT2D eigenvalue weighted by Crippen LogP contribution is 2.30. The van der Waals surface area contributed by atoms with Gasteiger partial charge >= 0.3 is 12.2 Å². The number of hydrogen-bond donors (Lipinski definition) is 1. The molecule has 2 aromatic heterocycles. The van der Waals surface area contributed by atoms with Crippen molar-refractivity contribution in [2.75, 3.05) is 36.4 Å². The molecule has 168 valence electrons. The molecule has 1 aromatic carbocycles. The van der Waals surface area contributed by atoms with E-state index in [1.807, 2.05) is 11.8 Å². The lowest BCUT2D eigenvalue weighted by Crippen LogP contribution is -2.51.